The number of carbonyl (C=O) groups is 2. The number of amides is 2. The summed E-state index contributed by atoms with van der Waals surface area (Å²) >= 11 is 4.45. The summed E-state index contributed by atoms with van der Waals surface area (Å²) in [5, 5.41) is 5.24. The number of thiophene rings is 1. The van der Waals surface area contributed by atoms with Crippen LogP contribution in [-0.2, 0) is 11.0 Å². The van der Waals surface area contributed by atoms with Crippen LogP contribution < -0.4 is 20.3 Å². The summed E-state index contributed by atoms with van der Waals surface area (Å²) in [6.07, 6.45) is -4.70. The van der Waals surface area contributed by atoms with Gasteiger partial charge in [-0.15, -0.1) is 0 Å². The van der Waals surface area contributed by atoms with Gasteiger partial charge in [-0.05, 0) is 80.1 Å². The molecule has 2 heterocycles. The molecule has 0 unspecified atom stereocenters. The van der Waals surface area contributed by atoms with Gasteiger partial charge in [0.2, 0.25) is 5.91 Å². The van der Waals surface area contributed by atoms with Gasteiger partial charge in [0.1, 0.15) is 5.54 Å². The number of anilines is 2. The molecule has 1 aliphatic heterocycles. The van der Waals surface area contributed by atoms with Crippen LogP contribution in [0.5, 0.6) is 5.06 Å². The van der Waals surface area contributed by atoms with Gasteiger partial charge in [-0.3, -0.25) is 4.79 Å². The number of alkyl halides is 3. The summed E-state index contributed by atoms with van der Waals surface area (Å²) in [4.78, 5) is 28.8. The molecule has 186 valence electrons. The first-order valence-corrected chi connectivity index (χ1v) is 12.2. The van der Waals surface area contributed by atoms with E-state index in [0.717, 1.165) is 22.8 Å². The molecule has 1 aromatic carbocycles. The van der Waals surface area contributed by atoms with Crippen molar-refractivity contribution in [3.05, 3.63) is 39.7 Å². The normalized spacial score (nSPS) is 15.6. The minimum atomic E-state index is -4.60. The summed E-state index contributed by atoms with van der Waals surface area (Å²) in [5.41, 5.74) is -2.19. The summed E-state index contributed by atoms with van der Waals surface area (Å²) in [5.74, 6) is -0.686. The average Bonchev–Trinajstić information content (AvgIpc) is 3.00. The first kappa shape index (κ1) is 26.3. The van der Waals surface area contributed by atoms with Crippen LogP contribution in [0, 0.1) is 0 Å². The van der Waals surface area contributed by atoms with Crippen molar-refractivity contribution in [2.45, 2.75) is 32.0 Å². The topological polar surface area (TPSA) is 73.9 Å². The number of halogens is 4. The smallest absolute Gasteiger partial charge is 0.399 e. The minimum absolute atomic E-state index is 0.0153. The maximum absolute atomic E-state index is 13.9. The van der Waals surface area contributed by atoms with E-state index in [4.69, 9.17) is 4.74 Å². The van der Waals surface area contributed by atoms with Crippen LogP contribution in [0.3, 0.4) is 0 Å². The molecule has 2 amide bonds. The van der Waals surface area contributed by atoms with Gasteiger partial charge < -0.3 is 25.2 Å². The number of nitrogens with one attached hydrogen (secondary N) is 2. The third kappa shape index (κ3) is 6.86. The van der Waals surface area contributed by atoms with E-state index >= 15 is 0 Å². The van der Waals surface area contributed by atoms with Gasteiger partial charge in [0, 0.05) is 31.0 Å². The highest BCUT2D eigenvalue weighted by atomic mass is 79.9. The Morgan fingerprint density at radius 2 is 1.82 bits per heavy atom. The molecule has 1 aromatic heterocycles. The lowest BCUT2D eigenvalue weighted by Gasteiger charge is -2.28. The maximum Gasteiger partial charge on any atom is 0.418 e. The average molecular weight is 563 g/mol. The molecule has 7 nitrogen and oxygen atoms in total. The van der Waals surface area contributed by atoms with Crippen LogP contribution >= 0.6 is 27.3 Å². The Morgan fingerprint density at radius 1 is 1.09 bits per heavy atom. The predicted octanol–water partition coefficient (Wildman–Crippen LogP) is 5.18. The Hall–Kier alpha value is -2.31. The lowest BCUT2D eigenvalue weighted by Crippen LogP contribution is -2.53. The van der Waals surface area contributed by atoms with Crippen LogP contribution in [0.1, 0.15) is 25.8 Å². The van der Waals surface area contributed by atoms with Gasteiger partial charge >= 0.3 is 12.3 Å². The number of rotatable bonds is 5. The molecule has 12 heteroatoms. The van der Waals surface area contributed by atoms with E-state index in [2.05, 4.69) is 31.5 Å². The Balaban J connectivity index is 1.73. The van der Waals surface area contributed by atoms with Crippen molar-refractivity contribution in [2.24, 2.45) is 0 Å². The molecule has 1 fully saturated rings. The highest BCUT2D eigenvalue weighted by Crippen LogP contribution is 2.39. The SMILES string of the molecule is CN1CCCN(c2ccc(NC(=O)C(C)(C)NC(=O)Oc3ccc(Br)s3)cc2C(F)(F)F)CC1. The van der Waals surface area contributed by atoms with Crippen molar-refractivity contribution >= 4 is 50.6 Å². The largest absolute Gasteiger partial charge is 0.418 e. The first-order valence-electron chi connectivity index (χ1n) is 10.6. The van der Waals surface area contributed by atoms with E-state index in [1.165, 1.54) is 37.3 Å². The molecule has 1 aliphatic rings. The number of hydrogen-bond acceptors (Lipinski definition) is 6. The Labute approximate surface area is 208 Å². The zero-order valence-electron chi connectivity index (χ0n) is 19.0. The van der Waals surface area contributed by atoms with Gasteiger partial charge in [0.25, 0.3) is 0 Å². The number of carbonyl (C=O) groups excluding carboxylic acids is 2. The van der Waals surface area contributed by atoms with E-state index in [9.17, 15) is 22.8 Å². The summed E-state index contributed by atoms with van der Waals surface area (Å²) in [6.45, 7) is 5.33. The fraction of sp³-hybridized carbons (Fsp3) is 0.455. The molecule has 34 heavy (non-hydrogen) atoms. The van der Waals surface area contributed by atoms with Gasteiger partial charge in [-0.1, -0.05) is 11.3 Å². The summed E-state index contributed by atoms with van der Waals surface area (Å²) in [6, 6.07) is 7.04. The molecule has 0 radical (unpaired) electrons. The monoisotopic (exact) mass is 562 g/mol. The molecule has 2 N–H and O–H groups in total. The fourth-order valence-corrected chi connectivity index (χ4v) is 4.67. The van der Waals surface area contributed by atoms with Crippen molar-refractivity contribution in [3.8, 4) is 5.06 Å². The zero-order chi connectivity index (χ0) is 25.1. The number of ether oxygens (including phenoxy) is 1. The fourth-order valence-electron chi connectivity index (χ4n) is 3.47. The van der Waals surface area contributed by atoms with Crippen LogP contribution in [0.4, 0.5) is 29.3 Å². The van der Waals surface area contributed by atoms with E-state index in [0.29, 0.717) is 24.7 Å². The number of likely N-dealkylation sites (N-methyl/N-ethyl adjacent to an activating group) is 1. The summed E-state index contributed by atoms with van der Waals surface area (Å²) < 4.78 is 47.6. The second-order valence-electron chi connectivity index (χ2n) is 8.53. The molecular formula is C22H26BrF3N4O3S. The lowest BCUT2D eigenvalue weighted by atomic mass is 10.0. The van der Waals surface area contributed by atoms with Crippen LogP contribution in [0.15, 0.2) is 34.1 Å². The first-order chi connectivity index (χ1) is 15.8. The Bertz CT molecular complexity index is 1040. The summed E-state index contributed by atoms with van der Waals surface area (Å²) in [7, 11) is 1.94. The zero-order valence-corrected chi connectivity index (χ0v) is 21.4. The van der Waals surface area contributed by atoms with Crippen LogP contribution in [0.25, 0.3) is 0 Å². The van der Waals surface area contributed by atoms with E-state index in [-0.39, 0.29) is 11.4 Å². The van der Waals surface area contributed by atoms with E-state index in [1.807, 2.05) is 7.05 Å². The van der Waals surface area contributed by atoms with Crippen LogP contribution in [-0.4, -0.2) is 55.7 Å². The van der Waals surface area contributed by atoms with Gasteiger partial charge in [0.15, 0.2) is 5.06 Å². The highest BCUT2D eigenvalue weighted by Gasteiger charge is 2.36. The molecule has 0 aliphatic carbocycles. The standard InChI is InChI=1S/C22H26BrF3N4O3S/c1-21(2,28-20(32)33-18-8-7-17(23)34-18)19(31)27-14-5-6-16(15(13-14)22(24,25)26)30-10-4-9-29(3)11-12-30/h5-8,13H,4,9-12H2,1-3H3,(H,27,31)(H,28,32). The minimum Gasteiger partial charge on any atom is -0.399 e. The Morgan fingerprint density at radius 3 is 2.47 bits per heavy atom. The molecule has 0 bridgehead atoms. The third-order valence-corrected chi connectivity index (χ3v) is 6.85. The van der Waals surface area contributed by atoms with E-state index < -0.39 is 29.3 Å². The molecule has 2 aromatic rings. The quantitative estimate of drug-likeness (QED) is 0.525. The van der Waals surface area contributed by atoms with Gasteiger partial charge in [-0.25, -0.2) is 4.79 Å². The van der Waals surface area contributed by atoms with Crippen LogP contribution in [0.2, 0.25) is 0 Å². The van der Waals surface area contributed by atoms with Crippen molar-refractivity contribution < 1.29 is 27.5 Å². The molecule has 0 atom stereocenters. The second-order valence-corrected chi connectivity index (χ2v) is 11.0. The van der Waals surface area contributed by atoms with Gasteiger partial charge in [-0.2, -0.15) is 13.2 Å². The molecule has 1 saturated heterocycles. The predicted molar refractivity (Wildman–Crippen MR) is 130 cm³/mol. The molecule has 3 rings (SSSR count). The van der Waals surface area contributed by atoms with Crippen molar-refractivity contribution in [1.29, 1.82) is 0 Å². The van der Waals surface area contributed by atoms with Crippen molar-refractivity contribution in [3.63, 3.8) is 0 Å². The Kier molecular flexibility index (Phi) is 8.14. The highest BCUT2D eigenvalue weighted by molar-refractivity contribution is 9.11. The number of nitrogens with zero attached hydrogens (tertiary/aromatic N) is 2. The second kappa shape index (κ2) is 10.5. The number of hydrogen-bond donors (Lipinski definition) is 2. The maximum atomic E-state index is 13.9. The van der Waals surface area contributed by atoms with Gasteiger partial charge in [0.05, 0.1) is 9.35 Å². The van der Waals surface area contributed by atoms with E-state index in [1.54, 1.807) is 17.0 Å². The molecular weight excluding hydrogens is 537 g/mol. The molecule has 0 spiro atoms. The number of benzene rings is 1. The molecule has 0 saturated carbocycles. The van der Waals surface area contributed by atoms with Crippen molar-refractivity contribution in [2.75, 3.05) is 43.4 Å². The third-order valence-electron chi connectivity index (χ3n) is 5.34. The van der Waals surface area contributed by atoms with Crippen molar-refractivity contribution in [1.82, 2.24) is 10.2 Å². The lowest BCUT2D eigenvalue weighted by molar-refractivity contribution is -0.137.